The zero-order valence-electron chi connectivity index (χ0n) is 12.1. The molecule has 0 bridgehead atoms. The molecule has 2 aromatic carbocycles. The normalized spacial score (nSPS) is 9.04. The van der Waals surface area contributed by atoms with Crippen molar-refractivity contribution in [1.29, 1.82) is 0 Å². The van der Waals surface area contributed by atoms with Crippen LogP contribution in [0.2, 0.25) is 0 Å². The summed E-state index contributed by atoms with van der Waals surface area (Å²) in [6.45, 7) is 0. The number of carbonyl (C=O) groups is 2. The van der Waals surface area contributed by atoms with Gasteiger partial charge in [0.25, 0.3) is 0 Å². The fourth-order valence-electron chi connectivity index (χ4n) is 1.53. The molecule has 0 aromatic heterocycles. The van der Waals surface area contributed by atoms with E-state index in [-0.39, 0.29) is 60.2 Å². The van der Waals surface area contributed by atoms with Crippen molar-refractivity contribution in [1.82, 2.24) is 0 Å². The van der Waals surface area contributed by atoms with Crippen LogP contribution in [0.4, 0.5) is 22.7 Å². The Labute approximate surface area is 162 Å². The number of aromatic carboxylic acids is 2. The molecule has 0 aliphatic rings. The van der Waals surface area contributed by atoms with Crippen molar-refractivity contribution in [2.45, 2.75) is 0 Å². The fourth-order valence-corrected chi connectivity index (χ4v) is 1.53. The van der Waals surface area contributed by atoms with E-state index >= 15 is 0 Å². The van der Waals surface area contributed by atoms with Gasteiger partial charge in [0.1, 0.15) is 0 Å². The van der Waals surface area contributed by atoms with E-state index in [2.05, 4.69) is 0 Å². The molecule has 0 amide bonds. The molecule has 0 aliphatic heterocycles. The van der Waals surface area contributed by atoms with Crippen LogP contribution >= 0.6 is 0 Å². The second-order valence-corrected chi connectivity index (χ2v) is 4.27. The van der Waals surface area contributed by atoms with Gasteiger partial charge in [0.2, 0.25) is 0 Å². The first-order valence-electron chi connectivity index (χ1n) is 5.95. The van der Waals surface area contributed by atoms with Crippen LogP contribution in [0.5, 0.6) is 0 Å². The fraction of sp³-hybridized carbons (Fsp3) is 0. The van der Waals surface area contributed by atoms with Gasteiger partial charge in [0, 0.05) is 33.9 Å². The molecule has 0 radical (unpaired) electrons. The maximum Gasteiger partial charge on any atom is 2.00 e. The number of anilines is 4. The largest absolute Gasteiger partial charge is 2.00 e. The summed E-state index contributed by atoms with van der Waals surface area (Å²) in [5.74, 6) is -2.58. The standard InChI is InChI=1S/2C7H8N2O2.Ca/c2*8-4-1-2-5(7(10)11)6(9)3-4;/h2*1-3H,8-9H2,(H,10,11);/q;;+2/p-2. The summed E-state index contributed by atoms with van der Waals surface area (Å²) >= 11 is 0. The molecular weight excluding hydrogens is 328 g/mol. The molecule has 0 fully saturated rings. The average Bonchev–Trinajstić information content (AvgIpc) is 2.38. The second-order valence-electron chi connectivity index (χ2n) is 4.27. The summed E-state index contributed by atoms with van der Waals surface area (Å²) < 4.78 is 0. The SMILES string of the molecule is Nc1ccc(C(=O)[O-])c(N)c1.Nc1ccc(C(=O)[O-])c(N)c1.[Ca+2]. The topological polar surface area (TPSA) is 184 Å². The van der Waals surface area contributed by atoms with Crippen molar-refractivity contribution in [3.05, 3.63) is 47.5 Å². The molecule has 2 rings (SSSR count). The van der Waals surface area contributed by atoms with E-state index in [1.807, 2.05) is 0 Å². The number of nitrogen functional groups attached to an aromatic ring is 4. The Morgan fingerprint density at radius 1 is 0.696 bits per heavy atom. The molecule has 0 aliphatic carbocycles. The van der Waals surface area contributed by atoms with E-state index in [0.717, 1.165) is 0 Å². The molecule has 23 heavy (non-hydrogen) atoms. The quantitative estimate of drug-likeness (QED) is 0.358. The van der Waals surface area contributed by atoms with Crippen LogP contribution in [0.15, 0.2) is 36.4 Å². The van der Waals surface area contributed by atoms with Crippen LogP contribution in [0.1, 0.15) is 20.7 Å². The third-order valence-electron chi connectivity index (χ3n) is 2.59. The molecule has 9 heteroatoms. The first kappa shape index (κ1) is 20.8. The van der Waals surface area contributed by atoms with Crippen molar-refractivity contribution in [3.63, 3.8) is 0 Å². The number of carboxylic acids is 2. The number of carboxylic acid groups (broad SMARTS) is 2. The number of nitrogens with two attached hydrogens (primary N) is 4. The summed E-state index contributed by atoms with van der Waals surface area (Å²) in [6.07, 6.45) is 0. The van der Waals surface area contributed by atoms with Crippen LogP contribution in [0.25, 0.3) is 0 Å². The zero-order chi connectivity index (χ0) is 16.9. The van der Waals surface area contributed by atoms with Gasteiger partial charge in [-0.2, -0.15) is 0 Å². The predicted molar refractivity (Wildman–Crippen MR) is 84.9 cm³/mol. The number of hydrogen-bond donors (Lipinski definition) is 4. The van der Waals surface area contributed by atoms with Gasteiger partial charge < -0.3 is 42.7 Å². The maximum atomic E-state index is 10.3. The van der Waals surface area contributed by atoms with Crippen molar-refractivity contribution in [3.8, 4) is 0 Å². The Morgan fingerprint density at radius 2 is 1.00 bits per heavy atom. The van der Waals surface area contributed by atoms with Crippen LogP contribution in [0, 0.1) is 0 Å². The molecule has 116 valence electrons. The van der Waals surface area contributed by atoms with Gasteiger partial charge in [-0.05, 0) is 36.4 Å². The number of benzene rings is 2. The molecule has 2 aromatic rings. The van der Waals surface area contributed by atoms with Gasteiger partial charge in [0.15, 0.2) is 0 Å². The summed E-state index contributed by atoms with van der Waals surface area (Å²) in [5, 5.41) is 20.6. The minimum Gasteiger partial charge on any atom is -0.545 e. The monoisotopic (exact) mass is 342 g/mol. The molecular formula is C14H14CaN4O4. The Morgan fingerprint density at radius 3 is 1.22 bits per heavy atom. The third-order valence-corrected chi connectivity index (χ3v) is 2.59. The molecule has 0 heterocycles. The van der Waals surface area contributed by atoms with E-state index in [4.69, 9.17) is 22.9 Å². The summed E-state index contributed by atoms with van der Waals surface area (Å²) in [4.78, 5) is 20.6. The maximum absolute atomic E-state index is 10.3. The van der Waals surface area contributed by atoms with Crippen LogP contribution in [-0.4, -0.2) is 49.7 Å². The molecule has 8 nitrogen and oxygen atoms in total. The van der Waals surface area contributed by atoms with Crippen LogP contribution in [0.3, 0.4) is 0 Å². The first-order chi connectivity index (χ1) is 10.2. The Kier molecular flexibility index (Phi) is 8.23. The van der Waals surface area contributed by atoms with E-state index in [0.29, 0.717) is 11.4 Å². The Balaban J connectivity index is 0.000000403. The van der Waals surface area contributed by atoms with Crippen molar-refractivity contribution < 1.29 is 19.8 Å². The van der Waals surface area contributed by atoms with E-state index < -0.39 is 11.9 Å². The molecule has 8 N–H and O–H groups in total. The predicted octanol–water partition coefficient (Wildman–Crippen LogP) is -1.95. The van der Waals surface area contributed by atoms with Crippen molar-refractivity contribution in [2.75, 3.05) is 22.9 Å². The van der Waals surface area contributed by atoms with Gasteiger partial charge in [-0.1, -0.05) is 0 Å². The van der Waals surface area contributed by atoms with E-state index in [9.17, 15) is 19.8 Å². The first-order valence-corrected chi connectivity index (χ1v) is 5.95. The number of hydrogen-bond acceptors (Lipinski definition) is 8. The zero-order valence-corrected chi connectivity index (χ0v) is 14.3. The molecule has 0 spiro atoms. The summed E-state index contributed by atoms with van der Waals surface area (Å²) in [6, 6.07) is 8.32. The van der Waals surface area contributed by atoms with Gasteiger partial charge in [-0.25, -0.2) is 0 Å². The van der Waals surface area contributed by atoms with Gasteiger partial charge >= 0.3 is 37.7 Å². The minimum atomic E-state index is -1.29. The van der Waals surface area contributed by atoms with E-state index in [1.54, 1.807) is 0 Å². The molecule has 0 saturated heterocycles. The van der Waals surface area contributed by atoms with Crippen LogP contribution in [-0.2, 0) is 0 Å². The van der Waals surface area contributed by atoms with Gasteiger partial charge in [-0.3, -0.25) is 0 Å². The minimum absolute atomic E-state index is 0. The second kappa shape index (κ2) is 9.09. The average molecular weight is 342 g/mol. The Bertz CT molecular complexity index is 660. The van der Waals surface area contributed by atoms with Crippen LogP contribution < -0.4 is 33.1 Å². The smallest absolute Gasteiger partial charge is 0.545 e. The number of carbonyl (C=O) groups excluding carboxylic acids is 2. The number of rotatable bonds is 2. The van der Waals surface area contributed by atoms with E-state index in [1.165, 1.54) is 36.4 Å². The summed E-state index contributed by atoms with van der Waals surface area (Å²) in [5.41, 5.74) is 22.4. The van der Waals surface area contributed by atoms with Gasteiger partial charge in [-0.15, -0.1) is 0 Å². The third kappa shape index (κ3) is 6.23. The van der Waals surface area contributed by atoms with Crippen molar-refractivity contribution >= 4 is 72.4 Å². The van der Waals surface area contributed by atoms with Gasteiger partial charge in [0.05, 0.1) is 11.9 Å². The Hall–Kier alpha value is -2.16. The molecule has 0 unspecified atom stereocenters. The summed E-state index contributed by atoms with van der Waals surface area (Å²) in [7, 11) is 0. The molecule has 0 saturated carbocycles. The molecule has 0 atom stereocenters. The van der Waals surface area contributed by atoms with Crippen molar-refractivity contribution in [2.24, 2.45) is 0 Å².